The van der Waals surface area contributed by atoms with E-state index in [1.54, 1.807) is 12.3 Å². The number of nitrogens with one attached hydrogen (secondary N) is 1. The van der Waals surface area contributed by atoms with Gasteiger partial charge in [-0.05, 0) is 30.3 Å². The topological polar surface area (TPSA) is 50.9 Å². The summed E-state index contributed by atoms with van der Waals surface area (Å²) in [6, 6.07) is 6.37. The molecule has 1 aromatic carbocycles. The average molecular weight is 253 g/mol. The molecule has 0 unspecified atom stereocenters. The van der Waals surface area contributed by atoms with Crippen LogP contribution in [-0.2, 0) is 6.18 Å². The lowest BCUT2D eigenvalue weighted by atomic mass is 10.2. The van der Waals surface area contributed by atoms with Crippen LogP contribution in [0.5, 0.6) is 0 Å². The third-order valence-electron chi connectivity index (χ3n) is 2.34. The number of nitrogens with two attached hydrogens (primary N) is 1. The van der Waals surface area contributed by atoms with Gasteiger partial charge in [-0.15, -0.1) is 0 Å². The minimum atomic E-state index is -4.33. The van der Waals surface area contributed by atoms with E-state index in [1.165, 1.54) is 18.3 Å². The summed E-state index contributed by atoms with van der Waals surface area (Å²) in [7, 11) is 0. The first-order valence-electron chi connectivity index (χ1n) is 5.10. The second-order valence-corrected chi connectivity index (χ2v) is 3.66. The molecule has 1 aromatic heterocycles. The van der Waals surface area contributed by atoms with Crippen LogP contribution in [0.1, 0.15) is 5.56 Å². The van der Waals surface area contributed by atoms with Crippen molar-refractivity contribution in [2.45, 2.75) is 6.18 Å². The van der Waals surface area contributed by atoms with E-state index in [-0.39, 0.29) is 0 Å². The largest absolute Gasteiger partial charge is 0.416 e. The van der Waals surface area contributed by atoms with Crippen molar-refractivity contribution < 1.29 is 13.2 Å². The van der Waals surface area contributed by atoms with Gasteiger partial charge in [0.1, 0.15) is 0 Å². The van der Waals surface area contributed by atoms with Gasteiger partial charge >= 0.3 is 6.18 Å². The highest BCUT2D eigenvalue weighted by Crippen LogP contribution is 2.30. The Balaban J connectivity index is 2.19. The number of hydrogen-bond donors (Lipinski definition) is 2. The van der Waals surface area contributed by atoms with Gasteiger partial charge in [-0.25, -0.2) is 0 Å². The van der Waals surface area contributed by atoms with Crippen LogP contribution in [0.3, 0.4) is 0 Å². The van der Waals surface area contributed by atoms with Gasteiger partial charge in [0.05, 0.1) is 23.1 Å². The Hall–Kier alpha value is -2.24. The van der Waals surface area contributed by atoms with Crippen LogP contribution >= 0.6 is 0 Å². The first-order chi connectivity index (χ1) is 8.47. The molecule has 2 aromatic rings. The van der Waals surface area contributed by atoms with E-state index in [2.05, 4.69) is 10.3 Å². The Morgan fingerprint density at radius 3 is 2.28 bits per heavy atom. The first-order valence-corrected chi connectivity index (χ1v) is 5.10. The highest BCUT2D eigenvalue weighted by Gasteiger charge is 2.29. The molecule has 2 rings (SSSR count). The molecule has 0 atom stereocenters. The van der Waals surface area contributed by atoms with Gasteiger partial charge in [0, 0.05) is 11.9 Å². The molecule has 0 fully saturated rings. The maximum atomic E-state index is 12.4. The van der Waals surface area contributed by atoms with Crippen molar-refractivity contribution >= 4 is 17.1 Å². The molecule has 0 aliphatic rings. The molecular weight excluding hydrogens is 243 g/mol. The van der Waals surface area contributed by atoms with Crippen LogP contribution in [0.15, 0.2) is 42.7 Å². The lowest BCUT2D eigenvalue weighted by molar-refractivity contribution is -0.137. The third kappa shape index (κ3) is 2.71. The Labute approximate surface area is 101 Å². The van der Waals surface area contributed by atoms with Crippen LogP contribution in [0, 0.1) is 0 Å². The van der Waals surface area contributed by atoms with Crippen LogP contribution in [0.25, 0.3) is 0 Å². The second-order valence-electron chi connectivity index (χ2n) is 3.66. The molecule has 3 nitrogen and oxygen atoms in total. The number of hydrogen-bond acceptors (Lipinski definition) is 3. The quantitative estimate of drug-likeness (QED) is 0.862. The van der Waals surface area contributed by atoms with Crippen LogP contribution in [-0.4, -0.2) is 4.98 Å². The van der Waals surface area contributed by atoms with Gasteiger partial charge in [-0.2, -0.15) is 13.2 Å². The fourth-order valence-corrected chi connectivity index (χ4v) is 1.42. The fourth-order valence-electron chi connectivity index (χ4n) is 1.42. The summed E-state index contributed by atoms with van der Waals surface area (Å²) in [5, 5.41) is 2.92. The van der Waals surface area contributed by atoms with E-state index in [0.717, 1.165) is 12.1 Å². The minimum absolute atomic E-state index is 0.428. The van der Waals surface area contributed by atoms with Crippen molar-refractivity contribution in [3.8, 4) is 0 Å². The van der Waals surface area contributed by atoms with E-state index in [4.69, 9.17) is 5.73 Å². The molecule has 1 heterocycles. The predicted molar refractivity (Wildman–Crippen MR) is 63.4 cm³/mol. The molecule has 0 bridgehead atoms. The lowest BCUT2D eigenvalue weighted by Crippen LogP contribution is -2.04. The summed E-state index contributed by atoms with van der Waals surface area (Å²) in [6.45, 7) is 0. The predicted octanol–water partition coefficient (Wildman–Crippen LogP) is 3.43. The van der Waals surface area contributed by atoms with E-state index in [0.29, 0.717) is 17.1 Å². The number of anilines is 3. The zero-order valence-corrected chi connectivity index (χ0v) is 9.20. The molecule has 18 heavy (non-hydrogen) atoms. The second kappa shape index (κ2) is 4.56. The number of halogens is 3. The van der Waals surface area contributed by atoms with Gasteiger partial charge in [0.15, 0.2) is 0 Å². The molecule has 0 saturated carbocycles. The molecule has 0 aliphatic carbocycles. The Morgan fingerprint density at radius 2 is 1.72 bits per heavy atom. The first kappa shape index (κ1) is 12.2. The molecule has 0 saturated heterocycles. The standard InChI is InChI=1S/C12H10F3N3/c13-12(14,15)8-1-3-9(4-2-8)18-11-5-6-17-7-10(11)16/h1-7H,16H2,(H,17,18). The summed E-state index contributed by atoms with van der Waals surface area (Å²) in [5.41, 5.74) is 6.54. The van der Waals surface area contributed by atoms with Crippen molar-refractivity contribution in [2.75, 3.05) is 11.1 Å². The maximum absolute atomic E-state index is 12.4. The number of aromatic nitrogens is 1. The third-order valence-corrected chi connectivity index (χ3v) is 2.34. The lowest BCUT2D eigenvalue weighted by Gasteiger charge is -2.10. The number of nitrogen functional groups attached to an aromatic ring is 1. The number of pyridine rings is 1. The monoisotopic (exact) mass is 253 g/mol. The molecular formula is C12H10F3N3. The molecule has 0 amide bonds. The van der Waals surface area contributed by atoms with E-state index in [1.807, 2.05) is 0 Å². The zero-order chi connectivity index (χ0) is 13.2. The fraction of sp³-hybridized carbons (Fsp3) is 0.0833. The van der Waals surface area contributed by atoms with Crippen LogP contribution in [0.2, 0.25) is 0 Å². The Morgan fingerprint density at radius 1 is 1.06 bits per heavy atom. The number of alkyl halides is 3. The summed E-state index contributed by atoms with van der Waals surface area (Å²) < 4.78 is 37.1. The van der Waals surface area contributed by atoms with Crippen molar-refractivity contribution in [2.24, 2.45) is 0 Å². The normalized spacial score (nSPS) is 11.3. The summed E-state index contributed by atoms with van der Waals surface area (Å²) >= 11 is 0. The maximum Gasteiger partial charge on any atom is 0.416 e. The van der Waals surface area contributed by atoms with Gasteiger partial charge in [-0.1, -0.05) is 0 Å². The van der Waals surface area contributed by atoms with Crippen molar-refractivity contribution in [3.63, 3.8) is 0 Å². The summed E-state index contributed by atoms with van der Waals surface area (Å²) in [4.78, 5) is 3.82. The van der Waals surface area contributed by atoms with Crippen molar-refractivity contribution in [1.29, 1.82) is 0 Å². The molecule has 0 aliphatic heterocycles. The zero-order valence-electron chi connectivity index (χ0n) is 9.20. The Kier molecular flexibility index (Phi) is 3.10. The van der Waals surface area contributed by atoms with Gasteiger partial charge in [0.25, 0.3) is 0 Å². The SMILES string of the molecule is Nc1cnccc1Nc1ccc(C(F)(F)F)cc1. The van der Waals surface area contributed by atoms with Gasteiger partial charge < -0.3 is 11.1 Å². The molecule has 94 valence electrons. The van der Waals surface area contributed by atoms with E-state index < -0.39 is 11.7 Å². The molecule has 3 N–H and O–H groups in total. The highest BCUT2D eigenvalue weighted by molar-refractivity contribution is 5.71. The van der Waals surface area contributed by atoms with Gasteiger partial charge in [0.2, 0.25) is 0 Å². The Bertz CT molecular complexity index is 535. The molecule has 0 spiro atoms. The summed E-state index contributed by atoms with van der Waals surface area (Å²) in [5.74, 6) is 0. The highest BCUT2D eigenvalue weighted by atomic mass is 19.4. The molecule has 0 radical (unpaired) electrons. The smallest absolute Gasteiger partial charge is 0.396 e. The number of benzene rings is 1. The van der Waals surface area contributed by atoms with Crippen molar-refractivity contribution in [3.05, 3.63) is 48.3 Å². The number of nitrogens with zero attached hydrogens (tertiary/aromatic N) is 1. The van der Waals surface area contributed by atoms with Gasteiger partial charge in [-0.3, -0.25) is 4.98 Å². The van der Waals surface area contributed by atoms with E-state index >= 15 is 0 Å². The van der Waals surface area contributed by atoms with Crippen LogP contribution in [0.4, 0.5) is 30.2 Å². The number of rotatable bonds is 2. The summed E-state index contributed by atoms with van der Waals surface area (Å²) in [6.07, 6.45) is -1.32. The molecule has 6 heteroatoms. The van der Waals surface area contributed by atoms with Crippen molar-refractivity contribution in [1.82, 2.24) is 4.98 Å². The van der Waals surface area contributed by atoms with Crippen LogP contribution < -0.4 is 11.1 Å². The average Bonchev–Trinajstić information content (AvgIpc) is 2.32. The van der Waals surface area contributed by atoms with E-state index in [9.17, 15) is 13.2 Å². The minimum Gasteiger partial charge on any atom is -0.396 e.